The number of benzene rings is 4. The van der Waals surface area contributed by atoms with Gasteiger partial charge in [-0.15, -0.1) is 0 Å². The molecule has 29 heavy (non-hydrogen) atoms. The lowest BCUT2D eigenvalue weighted by molar-refractivity contribution is 0.754. The number of aryl methyl sites for hydroxylation is 2. The highest BCUT2D eigenvalue weighted by atomic mass is 14.6. The smallest absolute Gasteiger partial charge is 0.0718 e. The molecule has 142 valence electrons. The van der Waals surface area contributed by atoms with E-state index in [9.17, 15) is 0 Å². The molecule has 0 aromatic heterocycles. The molecule has 4 N–H and O–H groups in total. The zero-order valence-corrected chi connectivity index (χ0v) is 16.7. The summed E-state index contributed by atoms with van der Waals surface area (Å²) in [5.74, 6) is 0. The Balaban J connectivity index is 2.00. The Bertz CT molecular complexity index is 1150. The average molecular weight is 377 g/mol. The van der Waals surface area contributed by atoms with E-state index < -0.39 is 5.41 Å². The van der Waals surface area contributed by atoms with Crippen molar-refractivity contribution in [2.75, 3.05) is 11.5 Å². The lowest BCUT2D eigenvalue weighted by Gasteiger charge is -2.36. The second kappa shape index (κ2) is 6.25. The van der Waals surface area contributed by atoms with Crippen LogP contribution in [0.15, 0.2) is 84.9 Å². The molecule has 0 aliphatic heterocycles. The van der Waals surface area contributed by atoms with Gasteiger partial charge in [0, 0.05) is 11.4 Å². The summed E-state index contributed by atoms with van der Waals surface area (Å²) in [7, 11) is 0. The van der Waals surface area contributed by atoms with Crippen LogP contribution in [0.2, 0.25) is 0 Å². The van der Waals surface area contributed by atoms with E-state index in [1.165, 1.54) is 44.5 Å². The number of hydrogen-bond acceptors (Lipinski definition) is 2. The molecule has 4 aromatic carbocycles. The molecule has 0 heterocycles. The van der Waals surface area contributed by atoms with Crippen molar-refractivity contribution >= 4 is 11.4 Å². The van der Waals surface area contributed by atoms with E-state index in [4.69, 9.17) is 11.5 Å². The minimum Gasteiger partial charge on any atom is -0.399 e. The number of fused-ring (bicyclic) bond motifs is 3. The number of anilines is 2. The van der Waals surface area contributed by atoms with Gasteiger partial charge in [-0.2, -0.15) is 0 Å². The first-order chi connectivity index (χ1) is 14.0. The molecule has 0 atom stereocenters. The first-order valence-electron chi connectivity index (χ1n) is 9.96. The Labute approximate surface area is 171 Å². The van der Waals surface area contributed by atoms with Crippen LogP contribution in [-0.4, -0.2) is 0 Å². The summed E-state index contributed by atoms with van der Waals surface area (Å²) in [4.78, 5) is 0. The van der Waals surface area contributed by atoms with Crippen LogP contribution in [-0.2, 0) is 5.41 Å². The van der Waals surface area contributed by atoms with Crippen LogP contribution in [0.25, 0.3) is 11.1 Å². The van der Waals surface area contributed by atoms with Gasteiger partial charge < -0.3 is 11.5 Å². The summed E-state index contributed by atoms with van der Waals surface area (Å²) in [6, 6.07) is 30.1. The van der Waals surface area contributed by atoms with Gasteiger partial charge in [-0.25, -0.2) is 0 Å². The highest BCUT2D eigenvalue weighted by Gasteiger charge is 2.47. The van der Waals surface area contributed by atoms with Crippen molar-refractivity contribution in [3.05, 3.63) is 118 Å². The van der Waals surface area contributed by atoms with Crippen LogP contribution in [0.1, 0.15) is 33.4 Å². The molecule has 2 nitrogen and oxygen atoms in total. The maximum Gasteiger partial charge on any atom is 0.0718 e. The summed E-state index contributed by atoms with van der Waals surface area (Å²) in [5, 5.41) is 0. The minimum absolute atomic E-state index is 0.400. The lowest BCUT2D eigenvalue weighted by atomic mass is 9.65. The van der Waals surface area contributed by atoms with E-state index in [0.29, 0.717) is 0 Å². The van der Waals surface area contributed by atoms with Crippen molar-refractivity contribution in [1.29, 1.82) is 0 Å². The average Bonchev–Trinajstić information content (AvgIpc) is 3.00. The molecule has 0 bridgehead atoms. The van der Waals surface area contributed by atoms with Crippen molar-refractivity contribution < 1.29 is 0 Å². The summed E-state index contributed by atoms with van der Waals surface area (Å²) < 4.78 is 0. The highest BCUT2D eigenvalue weighted by molar-refractivity contribution is 5.87. The van der Waals surface area contributed by atoms with E-state index in [1.54, 1.807) is 0 Å². The fourth-order valence-corrected chi connectivity index (χ4v) is 5.18. The molecule has 0 fully saturated rings. The third kappa shape index (κ3) is 2.35. The van der Waals surface area contributed by atoms with E-state index in [0.717, 1.165) is 11.4 Å². The Morgan fingerprint density at radius 3 is 1.34 bits per heavy atom. The SMILES string of the molecule is Cc1cc(N)ccc1C1(c2ccc(N)cc2C)c2ccccc2-c2ccccc21. The van der Waals surface area contributed by atoms with Crippen LogP contribution >= 0.6 is 0 Å². The summed E-state index contributed by atoms with van der Waals surface area (Å²) >= 11 is 0. The molecule has 1 aliphatic carbocycles. The second-order valence-corrected chi connectivity index (χ2v) is 7.99. The summed E-state index contributed by atoms with van der Waals surface area (Å²) in [5.41, 5.74) is 23.5. The second-order valence-electron chi connectivity index (χ2n) is 7.99. The Morgan fingerprint density at radius 1 is 0.517 bits per heavy atom. The van der Waals surface area contributed by atoms with Crippen LogP contribution in [0, 0.1) is 13.8 Å². The van der Waals surface area contributed by atoms with Crippen LogP contribution < -0.4 is 11.5 Å². The van der Waals surface area contributed by atoms with Gasteiger partial charge in [0.2, 0.25) is 0 Å². The lowest BCUT2D eigenvalue weighted by Crippen LogP contribution is -2.30. The van der Waals surface area contributed by atoms with Gasteiger partial charge in [0.15, 0.2) is 0 Å². The molecular weight excluding hydrogens is 352 g/mol. The molecule has 2 heteroatoms. The summed E-state index contributed by atoms with van der Waals surface area (Å²) in [6.45, 7) is 4.31. The Hall–Kier alpha value is -3.52. The van der Waals surface area contributed by atoms with Crippen molar-refractivity contribution in [1.82, 2.24) is 0 Å². The molecule has 4 aromatic rings. The Kier molecular flexibility index (Phi) is 3.78. The van der Waals surface area contributed by atoms with Gasteiger partial charge in [0.05, 0.1) is 5.41 Å². The maximum atomic E-state index is 6.13. The van der Waals surface area contributed by atoms with Gasteiger partial charge >= 0.3 is 0 Å². The zero-order valence-electron chi connectivity index (χ0n) is 16.7. The standard InChI is InChI=1S/C27H24N2/c1-17-15-19(28)11-13-23(17)27(24-14-12-20(29)16-18(24)2)25-9-5-3-7-21(25)22-8-4-6-10-26(22)27/h3-16H,28-29H2,1-2H3. The predicted molar refractivity (Wildman–Crippen MR) is 122 cm³/mol. The van der Waals surface area contributed by atoms with Gasteiger partial charge in [0.1, 0.15) is 0 Å². The predicted octanol–water partition coefficient (Wildman–Crippen LogP) is 5.83. The van der Waals surface area contributed by atoms with Gasteiger partial charge in [-0.1, -0.05) is 60.7 Å². The first kappa shape index (κ1) is 17.6. The van der Waals surface area contributed by atoms with E-state index in [1.807, 2.05) is 12.1 Å². The molecule has 0 saturated carbocycles. The monoisotopic (exact) mass is 376 g/mol. The topological polar surface area (TPSA) is 52.0 Å². The normalized spacial score (nSPS) is 13.7. The molecule has 0 radical (unpaired) electrons. The van der Waals surface area contributed by atoms with E-state index in [-0.39, 0.29) is 0 Å². The molecule has 5 rings (SSSR count). The quantitative estimate of drug-likeness (QED) is 0.381. The molecular formula is C27H24N2. The van der Waals surface area contributed by atoms with Crippen LogP contribution in [0.5, 0.6) is 0 Å². The fraction of sp³-hybridized carbons (Fsp3) is 0.111. The first-order valence-corrected chi connectivity index (χ1v) is 9.96. The third-order valence-corrected chi connectivity index (χ3v) is 6.26. The molecule has 0 amide bonds. The zero-order chi connectivity index (χ0) is 20.2. The number of nitrogen functional groups attached to an aromatic ring is 2. The number of hydrogen-bond donors (Lipinski definition) is 2. The molecule has 0 unspecified atom stereocenters. The minimum atomic E-state index is -0.400. The maximum absolute atomic E-state index is 6.13. The van der Waals surface area contributed by atoms with E-state index >= 15 is 0 Å². The molecule has 0 saturated heterocycles. The third-order valence-electron chi connectivity index (χ3n) is 6.26. The van der Waals surface area contributed by atoms with Gasteiger partial charge in [-0.3, -0.25) is 0 Å². The van der Waals surface area contributed by atoms with Crippen molar-refractivity contribution in [2.24, 2.45) is 0 Å². The van der Waals surface area contributed by atoms with Gasteiger partial charge in [-0.05, 0) is 82.6 Å². The van der Waals surface area contributed by atoms with E-state index in [2.05, 4.69) is 86.6 Å². The fourth-order valence-electron chi connectivity index (χ4n) is 5.18. The highest BCUT2D eigenvalue weighted by Crippen LogP contribution is 2.57. The van der Waals surface area contributed by atoms with Crippen molar-refractivity contribution in [3.63, 3.8) is 0 Å². The Morgan fingerprint density at radius 2 is 0.931 bits per heavy atom. The summed E-state index contributed by atoms with van der Waals surface area (Å²) in [6.07, 6.45) is 0. The molecule has 0 spiro atoms. The van der Waals surface area contributed by atoms with Crippen LogP contribution in [0.4, 0.5) is 11.4 Å². The number of nitrogens with two attached hydrogens (primary N) is 2. The number of rotatable bonds is 2. The van der Waals surface area contributed by atoms with Gasteiger partial charge in [0.25, 0.3) is 0 Å². The van der Waals surface area contributed by atoms with Crippen molar-refractivity contribution in [2.45, 2.75) is 19.3 Å². The molecule has 1 aliphatic rings. The van der Waals surface area contributed by atoms with Crippen molar-refractivity contribution in [3.8, 4) is 11.1 Å². The van der Waals surface area contributed by atoms with Crippen LogP contribution in [0.3, 0.4) is 0 Å². The largest absolute Gasteiger partial charge is 0.399 e.